The quantitative estimate of drug-likeness (QED) is 0.843. The van der Waals surface area contributed by atoms with E-state index in [9.17, 15) is 5.11 Å². The highest BCUT2D eigenvalue weighted by atomic mass is 16.3. The summed E-state index contributed by atoms with van der Waals surface area (Å²) < 4.78 is 0. The third kappa shape index (κ3) is 3.78. The molecule has 0 spiro atoms. The topological polar surface area (TPSA) is 49.5 Å². The number of nitrogens with two attached hydrogens (primary N) is 1. The average Bonchev–Trinajstić information content (AvgIpc) is 2.53. The van der Waals surface area contributed by atoms with Crippen LogP contribution in [0.1, 0.15) is 51.5 Å². The molecule has 1 saturated carbocycles. The SMILES string of the molecule is CCC1CCC(CN)(N(CC)Cc2cccc(O)c2)CC1. The Hall–Kier alpha value is -1.06. The Morgan fingerprint density at radius 2 is 2.00 bits per heavy atom. The van der Waals surface area contributed by atoms with Crippen LogP contribution in [0, 0.1) is 5.92 Å². The summed E-state index contributed by atoms with van der Waals surface area (Å²) >= 11 is 0. The maximum absolute atomic E-state index is 9.65. The van der Waals surface area contributed by atoms with Crippen molar-refractivity contribution in [1.29, 1.82) is 0 Å². The zero-order valence-electron chi connectivity index (χ0n) is 13.5. The van der Waals surface area contributed by atoms with Gasteiger partial charge in [0.15, 0.2) is 0 Å². The van der Waals surface area contributed by atoms with Crippen molar-refractivity contribution in [2.24, 2.45) is 11.7 Å². The fraction of sp³-hybridized carbons (Fsp3) is 0.667. The second kappa shape index (κ2) is 7.28. The number of rotatable bonds is 6. The van der Waals surface area contributed by atoms with Crippen LogP contribution in [0.2, 0.25) is 0 Å². The number of phenolic OH excluding ortho intramolecular Hbond substituents is 1. The lowest BCUT2D eigenvalue weighted by Gasteiger charge is -2.47. The number of nitrogens with zero attached hydrogens (tertiary/aromatic N) is 1. The molecule has 21 heavy (non-hydrogen) atoms. The van der Waals surface area contributed by atoms with Gasteiger partial charge in [0, 0.05) is 18.6 Å². The molecule has 0 saturated heterocycles. The van der Waals surface area contributed by atoms with Crippen LogP contribution in [0.25, 0.3) is 0 Å². The molecule has 0 aromatic heterocycles. The zero-order chi connectivity index (χ0) is 15.3. The summed E-state index contributed by atoms with van der Waals surface area (Å²) in [7, 11) is 0. The molecule has 0 heterocycles. The number of hydrogen-bond donors (Lipinski definition) is 2. The summed E-state index contributed by atoms with van der Waals surface area (Å²) in [6.07, 6.45) is 6.29. The zero-order valence-corrected chi connectivity index (χ0v) is 13.5. The molecular weight excluding hydrogens is 260 g/mol. The van der Waals surface area contributed by atoms with E-state index < -0.39 is 0 Å². The maximum atomic E-state index is 9.65. The van der Waals surface area contributed by atoms with Gasteiger partial charge in [0.05, 0.1) is 0 Å². The van der Waals surface area contributed by atoms with Crippen LogP contribution in [-0.2, 0) is 6.54 Å². The number of benzene rings is 1. The standard InChI is InChI=1S/C18H30N2O/c1-3-15-8-10-18(14-19,11-9-15)20(4-2)13-16-6-5-7-17(21)12-16/h5-7,12,15,21H,3-4,8-11,13-14,19H2,1-2H3. The highest BCUT2D eigenvalue weighted by Gasteiger charge is 2.38. The fourth-order valence-corrected chi connectivity index (χ4v) is 3.76. The number of phenols is 1. The van der Waals surface area contributed by atoms with Gasteiger partial charge in [-0.15, -0.1) is 0 Å². The van der Waals surface area contributed by atoms with E-state index in [4.69, 9.17) is 5.73 Å². The van der Waals surface area contributed by atoms with Crippen LogP contribution in [-0.4, -0.2) is 28.6 Å². The first-order valence-electron chi connectivity index (χ1n) is 8.36. The van der Waals surface area contributed by atoms with Crippen molar-refractivity contribution < 1.29 is 5.11 Å². The minimum absolute atomic E-state index is 0.145. The first-order chi connectivity index (χ1) is 10.1. The molecule has 1 fully saturated rings. The molecule has 3 heteroatoms. The summed E-state index contributed by atoms with van der Waals surface area (Å²) in [4.78, 5) is 2.52. The predicted octanol–water partition coefficient (Wildman–Crippen LogP) is 3.51. The van der Waals surface area contributed by atoms with E-state index in [0.29, 0.717) is 5.75 Å². The van der Waals surface area contributed by atoms with Crippen molar-refractivity contribution in [2.45, 2.75) is 58.0 Å². The first kappa shape index (κ1) is 16.3. The van der Waals surface area contributed by atoms with Crippen molar-refractivity contribution >= 4 is 0 Å². The van der Waals surface area contributed by atoms with Crippen molar-refractivity contribution in [3.05, 3.63) is 29.8 Å². The normalized spacial score (nSPS) is 26.2. The lowest BCUT2D eigenvalue weighted by Crippen LogP contribution is -2.55. The maximum Gasteiger partial charge on any atom is 0.115 e. The molecule has 0 radical (unpaired) electrons. The van der Waals surface area contributed by atoms with Crippen LogP contribution in [0.5, 0.6) is 5.75 Å². The van der Waals surface area contributed by atoms with Gasteiger partial charge < -0.3 is 10.8 Å². The van der Waals surface area contributed by atoms with Gasteiger partial charge in [-0.1, -0.05) is 32.4 Å². The Balaban J connectivity index is 2.11. The van der Waals surface area contributed by atoms with E-state index >= 15 is 0 Å². The molecule has 1 aliphatic rings. The van der Waals surface area contributed by atoms with Crippen molar-refractivity contribution in [1.82, 2.24) is 4.90 Å². The van der Waals surface area contributed by atoms with Crippen LogP contribution in [0.15, 0.2) is 24.3 Å². The van der Waals surface area contributed by atoms with Gasteiger partial charge in [-0.2, -0.15) is 0 Å². The second-order valence-corrected chi connectivity index (χ2v) is 6.46. The number of aromatic hydroxyl groups is 1. The van der Waals surface area contributed by atoms with E-state index in [2.05, 4.69) is 24.8 Å². The van der Waals surface area contributed by atoms with Crippen molar-refractivity contribution in [3.63, 3.8) is 0 Å². The molecule has 3 N–H and O–H groups in total. The highest BCUT2D eigenvalue weighted by Crippen LogP contribution is 2.38. The Kier molecular flexibility index (Phi) is 5.65. The fourth-order valence-electron chi connectivity index (χ4n) is 3.76. The van der Waals surface area contributed by atoms with E-state index in [1.807, 2.05) is 12.1 Å². The highest BCUT2D eigenvalue weighted by molar-refractivity contribution is 5.27. The van der Waals surface area contributed by atoms with Crippen LogP contribution in [0.3, 0.4) is 0 Å². The minimum Gasteiger partial charge on any atom is -0.508 e. The largest absolute Gasteiger partial charge is 0.508 e. The monoisotopic (exact) mass is 290 g/mol. The molecule has 1 aromatic carbocycles. The number of hydrogen-bond acceptors (Lipinski definition) is 3. The Morgan fingerprint density at radius 1 is 1.29 bits per heavy atom. The van der Waals surface area contributed by atoms with E-state index in [1.165, 1.54) is 37.7 Å². The van der Waals surface area contributed by atoms with E-state index in [-0.39, 0.29) is 5.54 Å². The predicted molar refractivity (Wildman–Crippen MR) is 88.2 cm³/mol. The summed E-state index contributed by atoms with van der Waals surface area (Å²) in [5.41, 5.74) is 7.51. The lowest BCUT2D eigenvalue weighted by atomic mass is 9.74. The summed E-state index contributed by atoms with van der Waals surface area (Å²) in [5.74, 6) is 1.23. The third-order valence-electron chi connectivity index (χ3n) is 5.33. The van der Waals surface area contributed by atoms with Crippen molar-refractivity contribution in [3.8, 4) is 5.75 Å². The van der Waals surface area contributed by atoms with Gasteiger partial charge in [-0.05, 0) is 55.8 Å². The Morgan fingerprint density at radius 3 is 2.52 bits per heavy atom. The molecule has 1 aliphatic carbocycles. The van der Waals surface area contributed by atoms with Gasteiger partial charge in [0.2, 0.25) is 0 Å². The van der Waals surface area contributed by atoms with Gasteiger partial charge in [0.1, 0.15) is 5.75 Å². The number of likely N-dealkylation sites (N-methyl/N-ethyl adjacent to an activating group) is 1. The molecule has 0 unspecified atom stereocenters. The first-order valence-corrected chi connectivity index (χ1v) is 8.36. The Labute approximate surface area is 129 Å². The minimum atomic E-state index is 0.145. The third-order valence-corrected chi connectivity index (χ3v) is 5.33. The molecule has 1 aromatic rings. The molecule has 3 nitrogen and oxygen atoms in total. The second-order valence-electron chi connectivity index (χ2n) is 6.46. The van der Waals surface area contributed by atoms with Crippen LogP contribution in [0.4, 0.5) is 0 Å². The van der Waals surface area contributed by atoms with Gasteiger partial charge in [0.25, 0.3) is 0 Å². The summed E-state index contributed by atoms with van der Waals surface area (Å²) in [6.45, 7) is 7.12. The average molecular weight is 290 g/mol. The summed E-state index contributed by atoms with van der Waals surface area (Å²) in [6, 6.07) is 7.60. The molecule has 118 valence electrons. The van der Waals surface area contributed by atoms with Crippen molar-refractivity contribution in [2.75, 3.05) is 13.1 Å². The molecule has 0 atom stereocenters. The lowest BCUT2D eigenvalue weighted by molar-refractivity contribution is 0.0392. The van der Waals surface area contributed by atoms with E-state index in [0.717, 1.165) is 25.6 Å². The van der Waals surface area contributed by atoms with Gasteiger partial charge in [-0.3, -0.25) is 4.90 Å². The molecule has 0 amide bonds. The molecule has 0 aliphatic heterocycles. The van der Waals surface area contributed by atoms with Crippen LogP contribution < -0.4 is 5.73 Å². The van der Waals surface area contributed by atoms with Crippen LogP contribution >= 0.6 is 0 Å². The molecular formula is C18H30N2O. The van der Waals surface area contributed by atoms with Gasteiger partial charge in [-0.25, -0.2) is 0 Å². The smallest absolute Gasteiger partial charge is 0.115 e. The summed E-state index contributed by atoms with van der Waals surface area (Å²) in [5, 5.41) is 9.65. The van der Waals surface area contributed by atoms with Gasteiger partial charge >= 0.3 is 0 Å². The molecule has 2 rings (SSSR count). The Bertz CT molecular complexity index is 439. The van der Waals surface area contributed by atoms with E-state index in [1.54, 1.807) is 6.07 Å². The molecule has 0 bridgehead atoms.